The molecule has 12 nitrogen and oxygen atoms in total. The van der Waals surface area contributed by atoms with E-state index in [0.717, 1.165) is 13.1 Å². The molecular weight excluding hydrogens is 589 g/mol. The van der Waals surface area contributed by atoms with E-state index in [1.165, 1.54) is 24.5 Å². The zero-order chi connectivity index (χ0) is 31.4. The van der Waals surface area contributed by atoms with Gasteiger partial charge in [-0.1, -0.05) is 11.6 Å². The Kier molecular flexibility index (Phi) is 9.56. The van der Waals surface area contributed by atoms with Crippen molar-refractivity contribution in [2.24, 2.45) is 5.41 Å². The number of hydrogen-bond acceptors (Lipinski definition) is 11. The van der Waals surface area contributed by atoms with E-state index in [0.29, 0.717) is 72.8 Å². The van der Waals surface area contributed by atoms with Crippen molar-refractivity contribution in [1.82, 2.24) is 30.4 Å². The third kappa shape index (κ3) is 7.58. The molecule has 5 rings (SSSR count). The van der Waals surface area contributed by atoms with Crippen LogP contribution >= 0.6 is 11.6 Å². The van der Waals surface area contributed by atoms with Crippen molar-refractivity contribution >= 4 is 46.6 Å². The van der Waals surface area contributed by atoms with Crippen LogP contribution in [0.1, 0.15) is 33.6 Å². The molecule has 1 amide bonds. The van der Waals surface area contributed by atoms with Crippen LogP contribution in [0.5, 0.6) is 0 Å². The van der Waals surface area contributed by atoms with Gasteiger partial charge in [0.25, 0.3) is 0 Å². The second kappa shape index (κ2) is 13.4. The predicted molar refractivity (Wildman–Crippen MR) is 166 cm³/mol. The van der Waals surface area contributed by atoms with Crippen molar-refractivity contribution in [3.63, 3.8) is 0 Å². The largest absolute Gasteiger partial charge is 0.465 e. The van der Waals surface area contributed by atoms with Gasteiger partial charge in [-0.05, 0) is 51.5 Å². The first-order valence-electron chi connectivity index (χ1n) is 14.6. The summed E-state index contributed by atoms with van der Waals surface area (Å²) >= 11 is 6.14. The minimum absolute atomic E-state index is 0.157. The van der Waals surface area contributed by atoms with E-state index in [1.54, 1.807) is 24.1 Å². The molecule has 2 aliphatic heterocycles. The highest BCUT2D eigenvalue weighted by Gasteiger charge is 2.41. The maximum absolute atomic E-state index is 14.8. The van der Waals surface area contributed by atoms with Gasteiger partial charge in [-0.15, -0.1) is 10.2 Å². The standard InChI is InChI=1S/C30H37ClFN9O3/c1-18-14-41(15-19(2)35-18)9-7-27(42)37-26-13-25(33-17-34-26)36-24-12-23(21-11-20(31)5-6-22(21)32)38-39-28(24)40(4)16-30(3)8-10-44-29(30)43/h5-6,11-13,17-19,35H,7-10,14-16H2,1-4H3,(H2,33,34,36,37,38,42). The Hall–Kier alpha value is -3.94. The van der Waals surface area contributed by atoms with E-state index in [9.17, 15) is 14.0 Å². The minimum atomic E-state index is -0.724. The quantitative estimate of drug-likeness (QED) is 0.283. The lowest BCUT2D eigenvalue weighted by Crippen LogP contribution is -2.54. The lowest BCUT2D eigenvalue weighted by molar-refractivity contribution is -0.145. The zero-order valence-corrected chi connectivity index (χ0v) is 26.0. The van der Waals surface area contributed by atoms with E-state index < -0.39 is 11.2 Å². The van der Waals surface area contributed by atoms with E-state index in [4.69, 9.17) is 16.3 Å². The van der Waals surface area contributed by atoms with Crippen LogP contribution < -0.4 is 20.9 Å². The topological polar surface area (TPSA) is 138 Å². The van der Waals surface area contributed by atoms with Gasteiger partial charge in [-0.2, -0.15) is 0 Å². The molecule has 0 saturated carbocycles. The smallest absolute Gasteiger partial charge is 0.313 e. The molecule has 2 aromatic heterocycles. The molecule has 14 heteroatoms. The molecule has 0 radical (unpaired) electrons. The van der Waals surface area contributed by atoms with E-state index in [2.05, 4.69) is 54.9 Å². The molecule has 3 N–H and O–H groups in total. The summed E-state index contributed by atoms with van der Waals surface area (Å²) in [6, 6.07) is 8.18. The maximum Gasteiger partial charge on any atom is 0.313 e. The molecule has 1 aromatic carbocycles. The molecule has 44 heavy (non-hydrogen) atoms. The summed E-state index contributed by atoms with van der Waals surface area (Å²) in [7, 11) is 1.79. The number of cyclic esters (lactones) is 1. The Bertz CT molecular complexity index is 1520. The van der Waals surface area contributed by atoms with Gasteiger partial charge in [-0.3, -0.25) is 14.5 Å². The first kappa shape index (κ1) is 31.5. The van der Waals surface area contributed by atoms with Crippen molar-refractivity contribution < 1.29 is 18.7 Å². The molecule has 3 atom stereocenters. The third-order valence-electron chi connectivity index (χ3n) is 7.79. The van der Waals surface area contributed by atoms with Crippen LogP contribution in [0.3, 0.4) is 0 Å². The summed E-state index contributed by atoms with van der Waals surface area (Å²) in [6.45, 7) is 9.21. The van der Waals surface area contributed by atoms with Gasteiger partial charge < -0.3 is 25.6 Å². The highest BCUT2D eigenvalue weighted by molar-refractivity contribution is 6.30. The number of hydrogen-bond donors (Lipinski definition) is 3. The van der Waals surface area contributed by atoms with Crippen LogP contribution in [0.2, 0.25) is 5.02 Å². The SMILES string of the molecule is CC1CN(CCC(=O)Nc2cc(Nc3cc(-c4cc(Cl)ccc4F)nnc3N(C)CC3(C)CCOC3=O)ncn2)CC(C)N1. The van der Waals surface area contributed by atoms with Crippen molar-refractivity contribution in [2.45, 2.75) is 45.7 Å². The number of piperazine rings is 1. The maximum atomic E-state index is 14.8. The highest BCUT2D eigenvalue weighted by Crippen LogP contribution is 2.35. The molecule has 2 fully saturated rings. The summed E-state index contributed by atoms with van der Waals surface area (Å²) < 4.78 is 20.0. The van der Waals surface area contributed by atoms with Crippen LogP contribution in [0.25, 0.3) is 11.3 Å². The van der Waals surface area contributed by atoms with Gasteiger partial charge in [0.1, 0.15) is 23.8 Å². The number of ether oxygens (including phenoxy) is 1. The third-order valence-corrected chi connectivity index (χ3v) is 8.03. The lowest BCUT2D eigenvalue weighted by atomic mass is 9.88. The number of esters is 1. The number of halogens is 2. The Balaban J connectivity index is 1.35. The molecule has 0 bridgehead atoms. The van der Waals surface area contributed by atoms with Gasteiger partial charge in [0.15, 0.2) is 5.82 Å². The van der Waals surface area contributed by atoms with Crippen LogP contribution in [0, 0.1) is 11.2 Å². The van der Waals surface area contributed by atoms with E-state index in [1.807, 2.05) is 6.92 Å². The number of nitrogens with zero attached hydrogens (tertiary/aromatic N) is 6. The second-order valence-corrected chi connectivity index (χ2v) is 12.3. The lowest BCUT2D eigenvalue weighted by Gasteiger charge is -2.35. The molecule has 2 aliphatic rings. The Morgan fingerprint density at radius 1 is 1.18 bits per heavy atom. The minimum Gasteiger partial charge on any atom is -0.465 e. The molecule has 234 valence electrons. The summed E-state index contributed by atoms with van der Waals surface area (Å²) in [5.41, 5.74) is 0.149. The number of carbonyl (C=O) groups excluding carboxylic acids is 2. The second-order valence-electron chi connectivity index (χ2n) is 11.8. The fourth-order valence-electron chi connectivity index (χ4n) is 5.69. The van der Waals surface area contributed by atoms with Gasteiger partial charge in [0, 0.05) is 68.4 Å². The van der Waals surface area contributed by atoms with Crippen molar-refractivity contribution in [1.29, 1.82) is 0 Å². The monoisotopic (exact) mass is 625 g/mol. The van der Waals surface area contributed by atoms with Gasteiger partial charge in [0.05, 0.1) is 23.4 Å². The first-order valence-corrected chi connectivity index (χ1v) is 15.0. The Morgan fingerprint density at radius 2 is 1.93 bits per heavy atom. The fourth-order valence-corrected chi connectivity index (χ4v) is 5.86. The average Bonchev–Trinajstić information content (AvgIpc) is 3.29. The number of benzene rings is 1. The number of rotatable bonds is 10. The average molecular weight is 626 g/mol. The number of nitrogens with one attached hydrogen (secondary N) is 3. The van der Waals surface area contributed by atoms with Gasteiger partial charge >= 0.3 is 5.97 Å². The predicted octanol–water partition coefficient (Wildman–Crippen LogP) is 3.87. The van der Waals surface area contributed by atoms with E-state index in [-0.39, 0.29) is 23.1 Å². The first-order chi connectivity index (χ1) is 21.0. The van der Waals surface area contributed by atoms with Gasteiger partial charge in [-0.25, -0.2) is 14.4 Å². The molecule has 2 saturated heterocycles. The van der Waals surface area contributed by atoms with Crippen LogP contribution in [0.15, 0.2) is 36.7 Å². The molecule has 3 unspecified atom stereocenters. The summed E-state index contributed by atoms with van der Waals surface area (Å²) in [5.74, 6) is 0.159. The molecule has 0 spiro atoms. The summed E-state index contributed by atoms with van der Waals surface area (Å²) in [5, 5.41) is 18.6. The van der Waals surface area contributed by atoms with Crippen LogP contribution in [-0.4, -0.2) is 88.9 Å². The summed E-state index contributed by atoms with van der Waals surface area (Å²) in [6.07, 6.45) is 2.23. The Morgan fingerprint density at radius 3 is 2.66 bits per heavy atom. The van der Waals surface area contributed by atoms with Crippen LogP contribution in [0.4, 0.5) is 27.5 Å². The normalized spacial score (nSPS) is 22.0. The highest BCUT2D eigenvalue weighted by atomic mass is 35.5. The van der Waals surface area contributed by atoms with E-state index >= 15 is 0 Å². The van der Waals surface area contributed by atoms with Crippen molar-refractivity contribution in [3.8, 4) is 11.3 Å². The number of amides is 1. The number of aromatic nitrogens is 4. The number of anilines is 4. The molecular formula is C30H37ClFN9O3. The number of carbonyl (C=O) groups is 2. The fraction of sp³-hybridized carbons (Fsp3) is 0.467. The Labute approximate surface area is 260 Å². The van der Waals surface area contributed by atoms with Crippen molar-refractivity contribution in [3.05, 3.63) is 47.5 Å². The van der Waals surface area contributed by atoms with Gasteiger partial charge in [0.2, 0.25) is 5.91 Å². The van der Waals surface area contributed by atoms with Crippen molar-refractivity contribution in [2.75, 3.05) is 55.4 Å². The molecule has 0 aliphatic carbocycles. The molecule has 3 aromatic rings. The summed E-state index contributed by atoms with van der Waals surface area (Å²) in [4.78, 5) is 37.8. The molecule has 4 heterocycles. The van der Waals surface area contributed by atoms with Crippen LogP contribution in [-0.2, 0) is 14.3 Å². The zero-order valence-electron chi connectivity index (χ0n) is 25.2.